The van der Waals surface area contributed by atoms with Crippen molar-refractivity contribution in [1.29, 1.82) is 0 Å². The van der Waals surface area contributed by atoms with Gasteiger partial charge in [-0.05, 0) is 115 Å². The average molecular weight is 730 g/mol. The topological polar surface area (TPSA) is 3.24 Å². The van der Waals surface area contributed by atoms with Crippen molar-refractivity contribution in [1.82, 2.24) is 0 Å². The fourth-order valence-corrected chi connectivity index (χ4v) is 9.67. The summed E-state index contributed by atoms with van der Waals surface area (Å²) in [6, 6.07) is 77.8. The maximum absolute atomic E-state index is 2.44. The molecule has 1 heterocycles. The van der Waals surface area contributed by atoms with E-state index in [1.165, 1.54) is 85.9 Å². The molecular formula is C54H35NS. The first-order valence-electron chi connectivity index (χ1n) is 19.2. The summed E-state index contributed by atoms with van der Waals surface area (Å²) in [4.78, 5) is 2.44. The Bertz CT molecular complexity index is 3210. The van der Waals surface area contributed by atoms with Gasteiger partial charge in [0.15, 0.2) is 0 Å². The molecule has 0 unspecified atom stereocenters. The summed E-state index contributed by atoms with van der Waals surface area (Å²) in [6.07, 6.45) is 0. The highest BCUT2D eigenvalue weighted by molar-refractivity contribution is 7.25. The molecule has 2 heteroatoms. The molecule has 0 aliphatic rings. The van der Waals surface area contributed by atoms with Crippen LogP contribution in [0.15, 0.2) is 212 Å². The van der Waals surface area contributed by atoms with Gasteiger partial charge in [0.1, 0.15) is 0 Å². The first-order valence-corrected chi connectivity index (χ1v) is 20.0. The average Bonchev–Trinajstić information content (AvgIpc) is 3.65. The second-order valence-corrected chi connectivity index (χ2v) is 15.6. The molecule has 11 aromatic rings. The molecule has 0 saturated heterocycles. The van der Waals surface area contributed by atoms with Crippen LogP contribution in [-0.4, -0.2) is 0 Å². The lowest BCUT2D eigenvalue weighted by Crippen LogP contribution is -2.11. The highest BCUT2D eigenvalue weighted by Gasteiger charge is 2.19. The Balaban J connectivity index is 1.10. The predicted molar refractivity (Wildman–Crippen MR) is 243 cm³/mol. The van der Waals surface area contributed by atoms with Crippen LogP contribution in [0.5, 0.6) is 0 Å². The third kappa shape index (κ3) is 5.46. The van der Waals surface area contributed by atoms with Crippen LogP contribution >= 0.6 is 11.3 Å². The lowest BCUT2D eigenvalue weighted by Gasteiger charge is -2.29. The predicted octanol–water partition coefficient (Wildman–Crippen LogP) is 16.0. The van der Waals surface area contributed by atoms with Crippen molar-refractivity contribution >= 4 is 80.9 Å². The number of fused-ring (bicyclic) bond motifs is 9. The van der Waals surface area contributed by atoms with Gasteiger partial charge in [0.2, 0.25) is 0 Å². The van der Waals surface area contributed by atoms with Crippen molar-refractivity contribution in [3.05, 3.63) is 212 Å². The van der Waals surface area contributed by atoms with Crippen molar-refractivity contribution in [3.8, 4) is 33.4 Å². The Morgan fingerprint density at radius 2 is 0.786 bits per heavy atom. The molecule has 1 nitrogen and oxygen atoms in total. The molecule has 0 spiro atoms. The monoisotopic (exact) mass is 729 g/mol. The molecule has 0 radical (unpaired) electrons. The third-order valence-electron chi connectivity index (χ3n) is 11.2. The summed E-state index contributed by atoms with van der Waals surface area (Å²) in [5.74, 6) is 0. The van der Waals surface area contributed by atoms with Gasteiger partial charge in [0, 0.05) is 37.1 Å². The van der Waals surface area contributed by atoms with Gasteiger partial charge in [0.25, 0.3) is 0 Å². The van der Waals surface area contributed by atoms with E-state index < -0.39 is 0 Å². The quantitative estimate of drug-likeness (QED) is 0.154. The molecule has 1 aromatic heterocycles. The van der Waals surface area contributed by atoms with Gasteiger partial charge < -0.3 is 4.90 Å². The van der Waals surface area contributed by atoms with E-state index in [-0.39, 0.29) is 0 Å². The van der Waals surface area contributed by atoms with Crippen LogP contribution in [0, 0.1) is 0 Å². The van der Waals surface area contributed by atoms with Gasteiger partial charge >= 0.3 is 0 Å². The van der Waals surface area contributed by atoms with Crippen LogP contribution in [-0.2, 0) is 0 Å². The van der Waals surface area contributed by atoms with Crippen LogP contribution in [0.3, 0.4) is 0 Å². The van der Waals surface area contributed by atoms with Gasteiger partial charge in [-0.3, -0.25) is 0 Å². The van der Waals surface area contributed by atoms with Gasteiger partial charge in [-0.15, -0.1) is 11.3 Å². The summed E-state index contributed by atoms with van der Waals surface area (Å²) in [5, 5.41) is 10.2. The molecule has 0 fully saturated rings. The van der Waals surface area contributed by atoms with Crippen molar-refractivity contribution in [2.24, 2.45) is 0 Å². The molecule has 0 bridgehead atoms. The van der Waals surface area contributed by atoms with Crippen LogP contribution < -0.4 is 4.90 Å². The van der Waals surface area contributed by atoms with Crippen LogP contribution in [0.1, 0.15) is 0 Å². The van der Waals surface area contributed by atoms with Gasteiger partial charge in [-0.1, -0.05) is 158 Å². The zero-order chi connectivity index (χ0) is 37.0. The molecular weight excluding hydrogens is 695 g/mol. The van der Waals surface area contributed by atoms with Gasteiger partial charge in [-0.25, -0.2) is 0 Å². The maximum atomic E-state index is 2.44. The number of hydrogen-bond acceptors (Lipinski definition) is 2. The standard InChI is InChI=1S/C54H35NS/c1-2-13-36(14-3-1)38-15-12-16-40(33-38)43-17-8-10-23-52(43)55(42-30-31-48-46-20-5-4-18-44(46)45-19-6-7-21-47(45)50(48)35-42)41-28-25-37(26-29-41)39-27-32-54-51(34-39)49-22-9-11-24-53(49)56-54/h1-35H. The summed E-state index contributed by atoms with van der Waals surface area (Å²) < 4.78 is 2.65. The molecule has 0 saturated carbocycles. The number of para-hydroxylation sites is 1. The van der Waals surface area contributed by atoms with E-state index in [0.29, 0.717) is 0 Å². The van der Waals surface area contributed by atoms with Crippen LogP contribution in [0.4, 0.5) is 17.1 Å². The van der Waals surface area contributed by atoms with Crippen molar-refractivity contribution < 1.29 is 0 Å². The molecule has 0 amide bonds. The zero-order valence-corrected chi connectivity index (χ0v) is 31.4. The van der Waals surface area contributed by atoms with Gasteiger partial charge in [0.05, 0.1) is 5.69 Å². The minimum atomic E-state index is 1.10. The summed E-state index contributed by atoms with van der Waals surface area (Å²) in [5.41, 5.74) is 10.5. The largest absolute Gasteiger partial charge is 0.310 e. The van der Waals surface area contributed by atoms with Gasteiger partial charge in [-0.2, -0.15) is 0 Å². The zero-order valence-electron chi connectivity index (χ0n) is 30.6. The molecule has 0 atom stereocenters. The fraction of sp³-hybridized carbons (Fsp3) is 0. The van der Waals surface area contributed by atoms with E-state index in [9.17, 15) is 0 Å². The van der Waals surface area contributed by atoms with Crippen LogP contribution in [0.2, 0.25) is 0 Å². The van der Waals surface area contributed by atoms with E-state index >= 15 is 0 Å². The maximum Gasteiger partial charge on any atom is 0.0540 e. The third-order valence-corrected chi connectivity index (χ3v) is 12.4. The second kappa shape index (κ2) is 13.4. The Kier molecular flexibility index (Phi) is 7.75. The Labute approximate surface area is 330 Å². The Morgan fingerprint density at radius 3 is 1.55 bits per heavy atom. The molecule has 56 heavy (non-hydrogen) atoms. The smallest absolute Gasteiger partial charge is 0.0540 e. The van der Waals surface area contributed by atoms with Crippen molar-refractivity contribution in [2.75, 3.05) is 4.90 Å². The molecule has 10 aromatic carbocycles. The highest BCUT2D eigenvalue weighted by Crippen LogP contribution is 2.45. The number of thiophene rings is 1. The minimum absolute atomic E-state index is 1.10. The molecule has 262 valence electrons. The first kappa shape index (κ1) is 32.4. The molecule has 0 aliphatic carbocycles. The van der Waals surface area contributed by atoms with Crippen LogP contribution in [0.25, 0.3) is 85.9 Å². The highest BCUT2D eigenvalue weighted by atomic mass is 32.1. The molecule has 0 aliphatic heterocycles. The first-order chi connectivity index (χ1) is 27.8. The molecule has 11 rings (SSSR count). The fourth-order valence-electron chi connectivity index (χ4n) is 8.58. The summed E-state index contributed by atoms with van der Waals surface area (Å²) in [6.45, 7) is 0. The van der Waals surface area contributed by atoms with E-state index in [1.54, 1.807) is 0 Å². The minimum Gasteiger partial charge on any atom is -0.310 e. The van der Waals surface area contributed by atoms with E-state index in [0.717, 1.165) is 17.1 Å². The molecule has 0 N–H and O–H groups in total. The van der Waals surface area contributed by atoms with Crippen molar-refractivity contribution in [2.45, 2.75) is 0 Å². The number of nitrogens with zero attached hydrogens (tertiary/aromatic N) is 1. The van der Waals surface area contributed by atoms with E-state index in [2.05, 4.69) is 217 Å². The summed E-state index contributed by atoms with van der Waals surface area (Å²) >= 11 is 1.86. The van der Waals surface area contributed by atoms with Crippen molar-refractivity contribution in [3.63, 3.8) is 0 Å². The van der Waals surface area contributed by atoms with E-state index in [1.807, 2.05) is 11.3 Å². The Morgan fingerprint density at radius 1 is 0.268 bits per heavy atom. The number of hydrogen-bond donors (Lipinski definition) is 0. The number of rotatable bonds is 6. The number of anilines is 3. The lowest BCUT2D eigenvalue weighted by molar-refractivity contribution is 1.29. The second-order valence-electron chi connectivity index (χ2n) is 14.5. The Hall–Kier alpha value is -7.00. The normalized spacial score (nSPS) is 11.6. The SMILES string of the molecule is c1ccc(-c2cccc(-c3ccccc3N(c3ccc(-c4ccc5sc6ccccc6c5c4)cc3)c3ccc4c5ccccc5c5ccccc5c4c3)c2)cc1. The summed E-state index contributed by atoms with van der Waals surface area (Å²) in [7, 11) is 0. The number of benzene rings is 10. The lowest BCUT2D eigenvalue weighted by atomic mass is 9.93. The van der Waals surface area contributed by atoms with E-state index in [4.69, 9.17) is 0 Å².